The molecule has 3 aromatic rings. The summed E-state index contributed by atoms with van der Waals surface area (Å²) in [5.41, 5.74) is 5.78. The minimum absolute atomic E-state index is 0.263. The maximum atomic E-state index is 13.3. The monoisotopic (exact) mass is 462 g/mol. The van der Waals surface area contributed by atoms with Crippen LogP contribution in [0.15, 0.2) is 66.7 Å². The molecule has 1 saturated heterocycles. The van der Waals surface area contributed by atoms with Crippen molar-refractivity contribution < 1.29 is 28.1 Å². The van der Waals surface area contributed by atoms with E-state index in [1.165, 1.54) is 24.3 Å². The second-order valence-electron chi connectivity index (χ2n) is 7.94. The van der Waals surface area contributed by atoms with E-state index in [1.54, 1.807) is 37.3 Å². The van der Waals surface area contributed by atoms with Crippen molar-refractivity contribution in [1.29, 1.82) is 0 Å². The number of hydrogen-bond donors (Lipinski definition) is 2. The van der Waals surface area contributed by atoms with E-state index in [9.17, 15) is 14.0 Å². The third-order valence-electron chi connectivity index (χ3n) is 5.64. The minimum atomic E-state index is -0.878. The molecular weight excluding hydrogens is 437 g/mol. The molecule has 0 radical (unpaired) electrons. The average Bonchev–Trinajstić information content (AvgIpc) is 3.14. The summed E-state index contributed by atoms with van der Waals surface area (Å²) in [6, 6.07) is 16.9. The number of hydrazine groups is 1. The third kappa shape index (κ3) is 4.76. The van der Waals surface area contributed by atoms with Crippen LogP contribution in [0, 0.1) is 12.7 Å². The molecule has 0 aromatic heterocycles. The summed E-state index contributed by atoms with van der Waals surface area (Å²) >= 11 is 0. The predicted octanol–water partition coefficient (Wildman–Crippen LogP) is 3.17. The number of methoxy groups -OCH3 is 2. The van der Waals surface area contributed by atoms with Gasteiger partial charge >= 0.3 is 5.91 Å². The Morgan fingerprint density at radius 1 is 1.00 bits per heavy atom. The quantitative estimate of drug-likeness (QED) is 0.552. The first-order valence-electron chi connectivity index (χ1n) is 10.7. The Kier molecular flexibility index (Phi) is 6.58. The lowest BCUT2D eigenvalue weighted by Gasteiger charge is -2.15. The van der Waals surface area contributed by atoms with Crippen LogP contribution in [0.4, 0.5) is 4.39 Å². The van der Waals surface area contributed by atoms with Gasteiger partial charge in [-0.1, -0.05) is 29.8 Å². The molecule has 8 heteroatoms. The summed E-state index contributed by atoms with van der Waals surface area (Å²) in [5, 5.41) is 2.80. The molecule has 4 rings (SSSR count). The van der Waals surface area contributed by atoms with Crippen molar-refractivity contribution in [2.45, 2.75) is 19.0 Å². The van der Waals surface area contributed by atoms with Crippen molar-refractivity contribution >= 4 is 18.0 Å². The summed E-state index contributed by atoms with van der Waals surface area (Å²) in [7, 11) is 3.11. The molecule has 2 atom stereocenters. The lowest BCUT2D eigenvalue weighted by Crippen LogP contribution is -2.42. The van der Waals surface area contributed by atoms with E-state index >= 15 is 0 Å². The van der Waals surface area contributed by atoms with Crippen LogP contribution in [0.1, 0.15) is 33.1 Å². The first-order chi connectivity index (χ1) is 16.4. The van der Waals surface area contributed by atoms with Gasteiger partial charge in [-0.2, -0.15) is 0 Å². The van der Waals surface area contributed by atoms with E-state index in [2.05, 4.69) is 10.7 Å². The molecule has 0 spiro atoms. The number of rotatable bonds is 6. The number of hydrogen-bond acceptors (Lipinski definition) is 4. The van der Waals surface area contributed by atoms with Crippen LogP contribution >= 0.6 is 0 Å². The molecule has 0 aliphatic carbocycles. The largest absolute Gasteiger partial charge is 0.493 e. The van der Waals surface area contributed by atoms with Gasteiger partial charge in [0, 0.05) is 16.7 Å². The molecular formula is C26H25FN3O4+. The molecule has 1 aliphatic rings. The zero-order chi connectivity index (χ0) is 24.2. The Morgan fingerprint density at radius 3 is 2.32 bits per heavy atom. The molecule has 7 nitrogen and oxygen atoms in total. The Bertz CT molecular complexity index is 1240. The predicted molar refractivity (Wildman–Crippen MR) is 125 cm³/mol. The van der Waals surface area contributed by atoms with Crippen LogP contribution in [-0.2, 0) is 4.79 Å². The maximum Gasteiger partial charge on any atom is 0.304 e. The van der Waals surface area contributed by atoms with Gasteiger partial charge in [-0.25, -0.2) is 4.39 Å². The molecule has 34 heavy (non-hydrogen) atoms. The molecule has 0 bridgehead atoms. The standard InChI is InChI=1S/C26H24FN3O4/c1-16-4-7-18(8-5-16)24-23(28-25(31)19-9-11-20(27)12-10-19)26(32)29-30(24)15-17-6-13-21(33-2)22(14-17)34-3/h4-15,23-24H,1-3H3,(H-,28,29,31,32)/p+1/b30-15-/t23-,24+/m0/s1. The van der Waals surface area contributed by atoms with Gasteiger partial charge in [-0.3, -0.25) is 9.59 Å². The Hall–Kier alpha value is -4.20. The molecule has 2 amide bonds. The van der Waals surface area contributed by atoms with E-state index in [0.717, 1.165) is 16.7 Å². The second kappa shape index (κ2) is 9.74. The van der Waals surface area contributed by atoms with Crippen molar-refractivity contribution in [3.63, 3.8) is 0 Å². The average molecular weight is 463 g/mol. The van der Waals surface area contributed by atoms with Crippen LogP contribution in [0.2, 0.25) is 0 Å². The summed E-state index contributed by atoms with van der Waals surface area (Å²) in [6.07, 6.45) is 1.77. The molecule has 174 valence electrons. The molecule has 2 N–H and O–H groups in total. The second-order valence-corrected chi connectivity index (χ2v) is 7.94. The van der Waals surface area contributed by atoms with Crippen molar-refractivity contribution in [1.82, 2.24) is 10.7 Å². The molecule has 1 fully saturated rings. The molecule has 1 heterocycles. The number of hydrazone groups is 1. The fourth-order valence-electron chi connectivity index (χ4n) is 3.86. The van der Waals surface area contributed by atoms with Crippen molar-refractivity contribution in [3.8, 4) is 11.5 Å². The summed E-state index contributed by atoms with van der Waals surface area (Å²) in [4.78, 5) is 25.8. The van der Waals surface area contributed by atoms with Crippen LogP contribution < -0.4 is 20.2 Å². The van der Waals surface area contributed by atoms with Crippen LogP contribution in [0.3, 0.4) is 0 Å². The maximum absolute atomic E-state index is 13.3. The van der Waals surface area contributed by atoms with Gasteiger partial charge in [0.25, 0.3) is 5.91 Å². The highest BCUT2D eigenvalue weighted by Gasteiger charge is 2.47. The summed E-state index contributed by atoms with van der Waals surface area (Å²) in [6.45, 7) is 1.98. The van der Waals surface area contributed by atoms with Crippen LogP contribution in [0.25, 0.3) is 0 Å². The van der Waals surface area contributed by atoms with Gasteiger partial charge < -0.3 is 14.8 Å². The SMILES string of the molecule is COc1ccc(/C=[N+]2\NC(=O)[C@@H](NC(=O)c3ccc(F)cc3)[C@H]2c2ccc(C)cc2)cc1OC. The Morgan fingerprint density at radius 2 is 1.68 bits per heavy atom. The normalized spacial score (nSPS) is 18.5. The zero-order valence-corrected chi connectivity index (χ0v) is 19.0. The molecule has 0 unspecified atom stereocenters. The lowest BCUT2D eigenvalue weighted by molar-refractivity contribution is -0.596. The number of nitrogens with zero attached hydrogens (tertiary/aromatic N) is 1. The summed E-state index contributed by atoms with van der Waals surface area (Å²) < 4.78 is 25.6. The molecule has 3 aromatic carbocycles. The number of amides is 2. The van der Waals surface area contributed by atoms with Crippen LogP contribution in [-0.4, -0.2) is 43.0 Å². The minimum Gasteiger partial charge on any atom is -0.493 e. The fourth-order valence-corrected chi connectivity index (χ4v) is 3.86. The molecule has 1 aliphatic heterocycles. The van der Waals surface area contributed by atoms with E-state index in [1.807, 2.05) is 37.3 Å². The number of benzene rings is 3. The summed E-state index contributed by atoms with van der Waals surface area (Å²) in [5.74, 6) is -0.133. The Balaban J connectivity index is 1.71. The highest BCUT2D eigenvalue weighted by Crippen LogP contribution is 2.29. The highest BCUT2D eigenvalue weighted by atomic mass is 19.1. The van der Waals surface area contributed by atoms with E-state index in [0.29, 0.717) is 11.5 Å². The number of ether oxygens (including phenoxy) is 2. The van der Waals surface area contributed by atoms with Crippen molar-refractivity contribution in [2.75, 3.05) is 14.2 Å². The van der Waals surface area contributed by atoms with Gasteiger partial charge in [0.1, 0.15) is 5.82 Å². The van der Waals surface area contributed by atoms with Crippen molar-refractivity contribution in [2.24, 2.45) is 0 Å². The van der Waals surface area contributed by atoms with E-state index in [-0.39, 0.29) is 11.5 Å². The number of nitrogens with one attached hydrogen (secondary N) is 2. The zero-order valence-electron chi connectivity index (χ0n) is 19.0. The third-order valence-corrected chi connectivity index (χ3v) is 5.64. The van der Waals surface area contributed by atoms with Gasteiger partial charge in [0.05, 0.1) is 14.2 Å². The van der Waals surface area contributed by atoms with Crippen molar-refractivity contribution in [3.05, 3.63) is 94.8 Å². The first kappa shape index (κ1) is 23.0. The topological polar surface area (TPSA) is 79.7 Å². The van der Waals surface area contributed by atoms with Crippen LogP contribution in [0.5, 0.6) is 11.5 Å². The van der Waals surface area contributed by atoms with Gasteiger partial charge in [-0.15, -0.1) is 10.1 Å². The number of carbonyl (C=O) groups is 2. The number of carbonyl (C=O) groups excluding carboxylic acids is 2. The van der Waals surface area contributed by atoms with Gasteiger partial charge in [0.15, 0.2) is 17.5 Å². The number of halogens is 1. The van der Waals surface area contributed by atoms with Gasteiger partial charge in [0.2, 0.25) is 12.3 Å². The number of aryl methyl sites for hydroxylation is 1. The molecule has 0 saturated carbocycles. The lowest BCUT2D eigenvalue weighted by atomic mass is 9.98. The first-order valence-corrected chi connectivity index (χ1v) is 10.7. The van der Waals surface area contributed by atoms with E-state index < -0.39 is 23.8 Å². The van der Waals surface area contributed by atoms with Gasteiger partial charge in [-0.05, 0) is 49.4 Å². The smallest absolute Gasteiger partial charge is 0.304 e. The fraction of sp³-hybridized carbons (Fsp3) is 0.192. The highest BCUT2D eigenvalue weighted by molar-refractivity contribution is 5.98. The van der Waals surface area contributed by atoms with E-state index in [4.69, 9.17) is 9.47 Å². The Labute approximate surface area is 196 Å².